The lowest BCUT2D eigenvalue weighted by molar-refractivity contribution is 0.103. The highest BCUT2D eigenvalue weighted by atomic mass is 14.6. The van der Waals surface area contributed by atoms with Crippen molar-refractivity contribution >= 4 is 0 Å². The van der Waals surface area contributed by atoms with Crippen LogP contribution in [0.5, 0.6) is 0 Å². The molecular formula is C108H188. The van der Waals surface area contributed by atoms with Crippen LogP contribution in [0.3, 0.4) is 0 Å². The number of fused-ring (bicyclic) bond motifs is 46. The molecule has 0 amide bonds. The molecule has 0 heteroatoms. The first-order valence-electron chi connectivity index (χ1n) is 53.4. The Labute approximate surface area is 675 Å². The topological polar surface area (TPSA) is 0 Å². The Morgan fingerprint density at radius 3 is 0.426 bits per heavy atom. The van der Waals surface area contributed by atoms with Gasteiger partial charge in [-0.05, 0) is 268 Å². The molecule has 0 saturated heterocycles. The van der Waals surface area contributed by atoms with E-state index in [1.54, 1.807) is 392 Å². The third-order valence-electron chi connectivity index (χ3n) is 39.7. The summed E-state index contributed by atoms with van der Waals surface area (Å²) >= 11 is 0. The van der Waals surface area contributed by atoms with E-state index < -0.39 is 0 Å². The van der Waals surface area contributed by atoms with E-state index in [4.69, 9.17) is 0 Å². The lowest BCUT2D eigenvalue weighted by Gasteiger charge is -2.40. The summed E-state index contributed by atoms with van der Waals surface area (Å²) in [5.41, 5.74) is 0. The fourth-order valence-corrected chi connectivity index (χ4v) is 32.7. The van der Waals surface area contributed by atoms with Gasteiger partial charge in [0.1, 0.15) is 0 Å². The summed E-state index contributed by atoms with van der Waals surface area (Å²) in [5.74, 6) is 32.7. The molecule has 29 fully saturated rings. The zero-order valence-electron chi connectivity index (χ0n) is 72.7. The Hall–Kier alpha value is 0. The van der Waals surface area contributed by atoms with Gasteiger partial charge < -0.3 is 0 Å². The van der Waals surface area contributed by atoms with Crippen molar-refractivity contribution in [2.45, 2.75) is 514 Å². The van der Waals surface area contributed by atoms with Gasteiger partial charge in [0.2, 0.25) is 0 Å². The average Bonchev–Trinajstić information content (AvgIpc) is 1.57. The van der Waals surface area contributed by atoms with Crippen LogP contribution in [0.15, 0.2) is 0 Å². The van der Waals surface area contributed by atoms with Gasteiger partial charge in [0.15, 0.2) is 0 Å². The molecule has 0 heterocycles. The van der Waals surface area contributed by atoms with Crippen molar-refractivity contribution in [3.63, 3.8) is 0 Å². The summed E-state index contributed by atoms with van der Waals surface area (Å²) in [6.45, 7) is 0. The average molecular weight is 1490 g/mol. The Morgan fingerprint density at radius 1 is 0.0741 bits per heavy atom. The van der Waals surface area contributed by atoms with Crippen molar-refractivity contribution in [2.75, 3.05) is 0 Å². The van der Waals surface area contributed by atoms with Gasteiger partial charge in [0.25, 0.3) is 0 Å². The van der Waals surface area contributed by atoms with Crippen molar-refractivity contribution in [3.05, 3.63) is 0 Å². The van der Waals surface area contributed by atoms with Crippen molar-refractivity contribution in [1.29, 1.82) is 0 Å². The largest absolute Gasteiger partial charge is 0.0530 e. The SMILES string of the molecule is C1CC2C3CCC(C3)C2C1.C1CC2CC1C1CC21.C1CC2CC1C1CCC21.C1CC2CCC1CC2.C1CC2CCCC(C1)CC2.C1CC2CCCC(C1)CCC2.C1CCC2CCC(C1)C2.C1CCC2CCC(C1)CC2.C1CCC2CCCC(C1)C2.C1CCC2CCCC(C1)CC2.C1CCC2CCCC(C1)CCC2. The highest BCUT2D eigenvalue weighted by Gasteiger charge is 2.57. The molecule has 0 aromatic carbocycles. The first-order valence-corrected chi connectivity index (χ1v) is 53.4. The second-order valence-corrected chi connectivity index (χ2v) is 46.5. The van der Waals surface area contributed by atoms with Crippen LogP contribution in [0, 0.1) is 166 Å². The minimum atomic E-state index is 1.11. The summed E-state index contributed by atoms with van der Waals surface area (Å²) in [7, 11) is 0. The number of rotatable bonds is 0. The maximum Gasteiger partial charge on any atom is -0.0352 e. The summed E-state index contributed by atoms with van der Waals surface area (Å²) in [6, 6.07) is 0. The number of hydrogen-bond acceptors (Lipinski definition) is 0. The molecule has 18 atom stereocenters. The second-order valence-electron chi connectivity index (χ2n) is 46.5. The molecule has 0 aliphatic heterocycles. The molecule has 0 radical (unpaired) electrons. The molecule has 0 aromatic heterocycles. The maximum atomic E-state index is 1.62. The van der Waals surface area contributed by atoms with E-state index in [0.717, 1.165) is 94.7 Å². The van der Waals surface area contributed by atoms with Crippen LogP contribution in [0.4, 0.5) is 0 Å². The highest BCUT2D eigenvalue weighted by Crippen LogP contribution is 2.66. The van der Waals surface area contributed by atoms with E-state index in [1.807, 2.05) is 0 Å². The Morgan fingerprint density at radius 2 is 0.213 bits per heavy atom. The molecule has 0 aromatic rings. The lowest BCUT2D eigenvalue weighted by Crippen LogP contribution is -2.31. The van der Waals surface area contributed by atoms with Gasteiger partial charge >= 0.3 is 0 Å². The van der Waals surface area contributed by atoms with Crippen LogP contribution >= 0.6 is 0 Å². The van der Waals surface area contributed by atoms with Crippen LogP contribution in [-0.2, 0) is 0 Å². The molecule has 620 valence electrons. The summed E-state index contributed by atoms with van der Waals surface area (Å²) in [4.78, 5) is 0. The predicted molar refractivity (Wildman–Crippen MR) is 467 cm³/mol. The van der Waals surface area contributed by atoms with Gasteiger partial charge in [-0.15, -0.1) is 0 Å². The highest BCUT2D eigenvalue weighted by molar-refractivity contribution is 5.07. The van der Waals surface area contributed by atoms with Crippen molar-refractivity contribution < 1.29 is 0 Å². The molecule has 29 aliphatic carbocycles. The Bertz CT molecular complexity index is 2160. The molecule has 29 rings (SSSR count). The predicted octanol–water partition coefficient (Wildman–Crippen LogP) is 34.7. The summed E-state index contributed by atoms with van der Waals surface area (Å²) < 4.78 is 0. The van der Waals surface area contributed by atoms with Gasteiger partial charge in [-0.2, -0.15) is 0 Å². The zero-order chi connectivity index (χ0) is 72.7. The Balaban J connectivity index is 0.0000000949. The Kier molecular flexibility index (Phi) is 34.4. The van der Waals surface area contributed by atoms with Gasteiger partial charge in [-0.25, -0.2) is 0 Å². The van der Waals surface area contributed by atoms with E-state index in [-0.39, 0.29) is 0 Å². The van der Waals surface area contributed by atoms with E-state index in [2.05, 4.69) is 0 Å². The molecule has 18 unspecified atom stereocenters. The molecule has 0 spiro atoms. The molecule has 108 heavy (non-hydrogen) atoms. The van der Waals surface area contributed by atoms with Crippen molar-refractivity contribution in [3.8, 4) is 0 Å². The molecule has 29 aliphatic rings. The quantitative estimate of drug-likeness (QED) is 0.227. The van der Waals surface area contributed by atoms with Crippen LogP contribution in [0.1, 0.15) is 514 Å². The van der Waals surface area contributed by atoms with Crippen LogP contribution in [0.2, 0.25) is 0 Å². The van der Waals surface area contributed by atoms with Gasteiger partial charge in [0.05, 0.1) is 0 Å². The first kappa shape index (κ1) is 83.1. The van der Waals surface area contributed by atoms with Crippen molar-refractivity contribution in [1.82, 2.24) is 0 Å². The smallest absolute Gasteiger partial charge is 0.0352 e. The van der Waals surface area contributed by atoms with E-state index in [0.29, 0.717) is 0 Å². The minimum absolute atomic E-state index is 1.11. The molecular weight excluding hydrogens is 1300 g/mol. The monoisotopic (exact) mass is 1490 g/mol. The first-order chi connectivity index (χ1) is 53.4. The second kappa shape index (κ2) is 44.7. The summed E-state index contributed by atoms with van der Waals surface area (Å²) in [5, 5.41) is 0. The van der Waals surface area contributed by atoms with Gasteiger partial charge in [-0.3, -0.25) is 0 Å². The lowest BCUT2D eigenvalue weighted by atomic mass is 9.66. The molecule has 0 N–H and O–H groups in total. The third-order valence-corrected chi connectivity index (χ3v) is 39.7. The molecule has 22 bridgehead atoms. The third kappa shape index (κ3) is 25.8. The van der Waals surface area contributed by atoms with E-state index in [9.17, 15) is 0 Å². The normalized spacial score (nSPS) is 45.8. The maximum absolute atomic E-state index is 1.62. The zero-order valence-corrected chi connectivity index (χ0v) is 72.7. The van der Waals surface area contributed by atoms with E-state index in [1.165, 1.54) is 193 Å². The van der Waals surface area contributed by atoms with E-state index >= 15 is 0 Å². The van der Waals surface area contributed by atoms with Gasteiger partial charge in [0, 0.05) is 0 Å². The summed E-state index contributed by atoms with van der Waals surface area (Å²) in [6.07, 6.45) is 125. The van der Waals surface area contributed by atoms with Crippen LogP contribution in [-0.4, -0.2) is 0 Å². The van der Waals surface area contributed by atoms with Gasteiger partial charge in [-0.1, -0.05) is 411 Å². The standard InChI is InChI=1S/C12H22.2C11H20.C10H16.3C10H18.C9H14.C9H16.C8H12.C8H14/c1-2-6-12-9-3-7-11(5-1)8-4-10-12;1-4-10-6-2-7-11(5-1)9-3-8-10;1-2-5-11-7-3-6-10(4-1)8-9-11;1-2-9-7-4-5-8(6-7)10(9)3-1;1-3-9-5-2-6-10(4-1)8-7-9;1-2-5-10-7-3-6-9(4-1)8-10;1-2-4-10-7-5-9(3-1)6-8-10;1-2-7-5-6(1)8-3-4-9(7)8;1-2-4-9-6-5-8(3-1)7-9;1-2-6-3-5(1)7-4-8(6)7;1-2-8-5-3-7(1)4-6-8/h11-12H,1-10H2;2*10-11H,1-9H2;7-10H,1-6H2;3*9-10H,1-8H2;6-9H,1-5H2;8-9H,1-7H2;5-8H,1-4H2;7-8H,1-6H2. The molecule has 0 nitrogen and oxygen atoms in total. The minimum Gasteiger partial charge on any atom is -0.0530 e. The molecule has 29 saturated carbocycles. The number of hydrogen-bond donors (Lipinski definition) is 0. The fourth-order valence-electron chi connectivity index (χ4n) is 32.7. The van der Waals surface area contributed by atoms with Crippen molar-refractivity contribution in [2.24, 2.45) is 166 Å². The van der Waals surface area contributed by atoms with Crippen LogP contribution < -0.4 is 0 Å². The fraction of sp³-hybridized carbons (Fsp3) is 1.00. The van der Waals surface area contributed by atoms with Crippen LogP contribution in [0.25, 0.3) is 0 Å².